The summed E-state index contributed by atoms with van der Waals surface area (Å²) in [7, 11) is 0. The van der Waals surface area contributed by atoms with Crippen molar-refractivity contribution < 1.29 is 49.3 Å². The highest BCUT2D eigenvalue weighted by Gasteiger charge is 2.47. The number of aliphatic hydroxyl groups excluding tert-OH is 5. The van der Waals surface area contributed by atoms with E-state index in [-0.39, 0.29) is 19.4 Å². The second-order valence-electron chi connectivity index (χ2n) is 21.8. The Labute approximate surface area is 482 Å². The number of ether oxygens (including phenoxy) is 3. The molecule has 1 saturated heterocycles. The second kappa shape index (κ2) is 55.1. The number of hydrogen-bond acceptors (Lipinski definition) is 10. The number of unbranched alkanes of at least 4 members (excludes halogenated alkanes) is 28. The van der Waals surface area contributed by atoms with Crippen LogP contribution in [0.2, 0.25) is 0 Å². The summed E-state index contributed by atoms with van der Waals surface area (Å²) in [4.78, 5) is 26.6. The van der Waals surface area contributed by atoms with Gasteiger partial charge >= 0.3 is 5.97 Å². The maximum atomic E-state index is 13.4. The number of carbonyl (C=O) groups is 2. The first-order valence-electron chi connectivity index (χ1n) is 32.1. The molecule has 6 N–H and O–H groups in total. The number of aliphatic hydroxyl groups is 5. The first kappa shape index (κ1) is 73.6. The predicted molar refractivity (Wildman–Crippen MR) is 329 cm³/mol. The van der Waals surface area contributed by atoms with E-state index >= 15 is 0 Å². The predicted octanol–water partition coefficient (Wildman–Crippen LogP) is 15.5. The van der Waals surface area contributed by atoms with Crippen LogP contribution in [-0.2, 0) is 23.8 Å². The van der Waals surface area contributed by atoms with Gasteiger partial charge in [0.2, 0.25) is 5.91 Å². The van der Waals surface area contributed by atoms with Crippen LogP contribution in [-0.4, -0.2) is 99.6 Å². The molecule has 0 spiro atoms. The van der Waals surface area contributed by atoms with Crippen LogP contribution >= 0.6 is 0 Å². The highest BCUT2D eigenvalue weighted by molar-refractivity contribution is 5.80. The third-order valence-corrected chi connectivity index (χ3v) is 14.6. The fourth-order valence-electron chi connectivity index (χ4n) is 9.49. The molecule has 0 radical (unpaired) electrons. The van der Waals surface area contributed by atoms with Crippen molar-refractivity contribution in [3.8, 4) is 0 Å². The van der Waals surface area contributed by atoms with Gasteiger partial charge in [-0.1, -0.05) is 266 Å². The van der Waals surface area contributed by atoms with Gasteiger partial charge in [0.25, 0.3) is 0 Å². The molecule has 8 atom stereocenters. The molecule has 79 heavy (non-hydrogen) atoms. The lowest BCUT2D eigenvalue weighted by molar-refractivity contribution is -0.305. The van der Waals surface area contributed by atoms with Gasteiger partial charge in [0.15, 0.2) is 12.4 Å². The summed E-state index contributed by atoms with van der Waals surface area (Å²) in [6, 6.07) is -1.04. The van der Waals surface area contributed by atoms with Crippen molar-refractivity contribution in [2.24, 2.45) is 0 Å². The Balaban J connectivity index is 2.65. The summed E-state index contributed by atoms with van der Waals surface area (Å²) in [6.07, 6.45) is 63.0. The first-order valence-corrected chi connectivity index (χ1v) is 32.1. The minimum absolute atomic E-state index is 0.111. The third kappa shape index (κ3) is 43.0. The van der Waals surface area contributed by atoms with Crippen LogP contribution in [0.1, 0.15) is 258 Å². The molecule has 0 saturated carbocycles. The zero-order chi connectivity index (χ0) is 57.5. The largest absolute Gasteiger partial charge is 0.454 e. The van der Waals surface area contributed by atoms with Gasteiger partial charge in [-0.15, -0.1) is 0 Å². The van der Waals surface area contributed by atoms with E-state index in [2.05, 4.69) is 74.7 Å². The average molecular weight is 1110 g/mol. The third-order valence-electron chi connectivity index (χ3n) is 14.6. The Bertz CT molecular complexity index is 1650. The standard InChI is InChI=1S/C68H117NO10/c1-4-7-10-13-16-19-22-25-27-28-29-30-31-32-33-34-35-38-41-44-47-50-53-56-63(73)79-66-65(75)64(74)62(57-70)78-68(66)77-58-59(60(71)54-51-48-45-42-39-36-24-21-18-15-12-9-6-3)69-67(76)61(72)55-52-49-46-43-40-37-26-23-20-17-14-11-8-5-2/h8,11,14,16-17,19-20,23,25-27,29-30,37,51,54,59-62,64-66,68,70-72,74-75H,4-7,9-10,12-13,15,18,21-22,24,28,31-36,38-50,52-53,55-58H2,1-3H3,(H,69,76)/b11-8+,17-14+,19-16-,23-20+,27-25-,30-29-,37-26-,54-51+. The number of amides is 1. The molecule has 8 unspecified atom stereocenters. The Morgan fingerprint density at radius 2 is 0.962 bits per heavy atom. The molecule has 1 aliphatic heterocycles. The van der Waals surface area contributed by atoms with Crippen LogP contribution in [0.3, 0.4) is 0 Å². The molecular weight excluding hydrogens is 991 g/mol. The minimum atomic E-state index is -1.63. The molecule has 1 fully saturated rings. The van der Waals surface area contributed by atoms with Crippen LogP contribution in [0.5, 0.6) is 0 Å². The van der Waals surface area contributed by atoms with Gasteiger partial charge in [-0.05, 0) is 83.5 Å². The number of rotatable bonds is 53. The van der Waals surface area contributed by atoms with Crippen LogP contribution in [0.4, 0.5) is 0 Å². The summed E-state index contributed by atoms with van der Waals surface area (Å²) in [5.74, 6) is -1.23. The lowest BCUT2D eigenvalue weighted by Crippen LogP contribution is -2.61. The topological polar surface area (TPSA) is 175 Å². The maximum absolute atomic E-state index is 13.4. The van der Waals surface area contributed by atoms with E-state index in [1.165, 1.54) is 116 Å². The number of hydrogen-bond donors (Lipinski definition) is 6. The fraction of sp³-hybridized carbons (Fsp3) is 0.735. The Morgan fingerprint density at radius 3 is 1.51 bits per heavy atom. The molecule has 0 aliphatic carbocycles. The van der Waals surface area contributed by atoms with E-state index in [0.29, 0.717) is 12.8 Å². The molecular formula is C68H117NO10. The molecule has 0 aromatic rings. The average Bonchev–Trinajstić information content (AvgIpc) is 3.49. The zero-order valence-electron chi connectivity index (χ0n) is 50.2. The molecule has 0 bridgehead atoms. The Morgan fingerprint density at radius 1 is 0.519 bits per heavy atom. The monoisotopic (exact) mass is 1110 g/mol. The molecule has 11 nitrogen and oxygen atoms in total. The first-order chi connectivity index (χ1) is 38.7. The van der Waals surface area contributed by atoms with E-state index in [1.54, 1.807) is 6.08 Å². The number of esters is 1. The molecule has 0 aromatic carbocycles. The summed E-state index contributed by atoms with van der Waals surface area (Å²) >= 11 is 0. The van der Waals surface area contributed by atoms with Crippen molar-refractivity contribution in [2.75, 3.05) is 13.2 Å². The number of carbonyl (C=O) groups excluding carboxylic acids is 2. The molecule has 1 aliphatic rings. The lowest BCUT2D eigenvalue weighted by Gasteiger charge is -2.41. The minimum Gasteiger partial charge on any atom is -0.454 e. The molecule has 11 heteroatoms. The van der Waals surface area contributed by atoms with Gasteiger partial charge < -0.3 is 45.1 Å². The van der Waals surface area contributed by atoms with Gasteiger partial charge in [-0.25, -0.2) is 0 Å². The number of nitrogens with one attached hydrogen (secondary N) is 1. The lowest BCUT2D eigenvalue weighted by atomic mass is 9.99. The maximum Gasteiger partial charge on any atom is 0.306 e. The normalized spacial score (nSPS) is 19.5. The van der Waals surface area contributed by atoms with Crippen LogP contribution in [0, 0.1) is 0 Å². The quantitative estimate of drug-likeness (QED) is 0.0149. The SMILES string of the molecule is CC/C=C/C=C/C=C/C=C\CCCCCCC(O)C(=O)NC(COC1OC(CO)C(O)C(O)C1OC(=O)CCCCCCCCCCCC/C=C\C/C=C\C/C=C\CCCCC)C(O)/C=C/CCCCCCCCCCCCC. The highest BCUT2D eigenvalue weighted by Crippen LogP contribution is 2.26. The van der Waals surface area contributed by atoms with Gasteiger partial charge in [0, 0.05) is 6.42 Å². The molecule has 0 aromatic heterocycles. The Kier molecular flexibility index (Phi) is 51.4. The van der Waals surface area contributed by atoms with E-state index < -0.39 is 67.4 Å². The Hall–Kier alpha value is -3.42. The smallest absolute Gasteiger partial charge is 0.306 e. The van der Waals surface area contributed by atoms with Crippen LogP contribution < -0.4 is 5.32 Å². The molecule has 1 amide bonds. The van der Waals surface area contributed by atoms with Gasteiger partial charge in [0.1, 0.15) is 24.4 Å². The van der Waals surface area contributed by atoms with E-state index in [1.807, 2.05) is 42.5 Å². The van der Waals surface area contributed by atoms with Crippen molar-refractivity contribution in [3.63, 3.8) is 0 Å². The van der Waals surface area contributed by atoms with Crippen molar-refractivity contribution in [1.82, 2.24) is 5.32 Å². The fourth-order valence-corrected chi connectivity index (χ4v) is 9.49. The molecule has 1 heterocycles. The highest BCUT2D eigenvalue weighted by atomic mass is 16.7. The molecule has 454 valence electrons. The van der Waals surface area contributed by atoms with E-state index in [9.17, 15) is 35.1 Å². The number of allylic oxidation sites excluding steroid dienone is 15. The van der Waals surface area contributed by atoms with Crippen LogP contribution in [0.25, 0.3) is 0 Å². The summed E-state index contributed by atoms with van der Waals surface area (Å²) < 4.78 is 17.6. The summed E-state index contributed by atoms with van der Waals surface area (Å²) in [5.41, 5.74) is 0. The summed E-state index contributed by atoms with van der Waals surface area (Å²) in [6.45, 7) is 5.61. The van der Waals surface area contributed by atoms with Crippen molar-refractivity contribution in [3.05, 3.63) is 97.2 Å². The molecule has 1 rings (SSSR count). The van der Waals surface area contributed by atoms with Crippen molar-refractivity contribution in [2.45, 2.75) is 307 Å². The van der Waals surface area contributed by atoms with Crippen molar-refractivity contribution in [1.29, 1.82) is 0 Å². The summed E-state index contributed by atoms with van der Waals surface area (Å²) in [5, 5.41) is 57.0. The van der Waals surface area contributed by atoms with Crippen molar-refractivity contribution >= 4 is 11.9 Å². The van der Waals surface area contributed by atoms with Crippen LogP contribution in [0.15, 0.2) is 97.2 Å². The van der Waals surface area contributed by atoms with E-state index in [0.717, 1.165) is 96.3 Å². The van der Waals surface area contributed by atoms with Gasteiger partial charge in [0.05, 0.1) is 25.4 Å². The zero-order valence-corrected chi connectivity index (χ0v) is 50.2. The van der Waals surface area contributed by atoms with E-state index in [4.69, 9.17) is 14.2 Å². The van der Waals surface area contributed by atoms with Gasteiger partial charge in [-0.2, -0.15) is 0 Å². The second-order valence-corrected chi connectivity index (χ2v) is 21.8. The van der Waals surface area contributed by atoms with Gasteiger partial charge in [-0.3, -0.25) is 9.59 Å².